The standard InChI is InChI=1S/C21H25N3.Au.ClH/c1-16-12-17(2)21(18(3)13-16)23-14-19-8-7-9-20(24(19)15-23)22-10-5-4-6-11-22;;/h7-9,12-14H,4-6,10-11H2,1-3H3;;1H/q;-1;/p-1. The Balaban J connectivity index is 1.99. The minimum absolute atomic E-state index is 0.478. The van der Waals surface area contributed by atoms with E-state index in [0.717, 1.165) is 13.1 Å². The van der Waals surface area contributed by atoms with Gasteiger partial charge in [-0.3, -0.25) is 0 Å². The van der Waals surface area contributed by atoms with Crippen molar-refractivity contribution in [3.63, 3.8) is 0 Å². The van der Waals surface area contributed by atoms with Crippen LogP contribution in [0.15, 0.2) is 36.5 Å². The molecule has 5 heteroatoms. The Hall–Kier alpha value is -1.26. The van der Waals surface area contributed by atoms with Gasteiger partial charge in [0.05, 0.1) is 0 Å². The van der Waals surface area contributed by atoms with Gasteiger partial charge in [-0.15, -0.1) is 0 Å². The second-order valence-corrected chi connectivity index (χ2v) is 9.54. The second-order valence-electron chi connectivity index (χ2n) is 7.23. The Labute approximate surface area is 167 Å². The molecule has 2 aromatic heterocycles. The van der Waals surface area contributed by atoms with Crippen molar-refractivity contribution < 1.29 is 18.2 Å². The third-order valence-corrected chi connectivity index (χ3v) is 7.42. The van der Waals surface area contributed by atoms with Gasteiger partial charge >= 0.3 is 168 Å². The summed E-state index contributed by atoms with van der Waals surface area (Å²) in [5, 5.41) is 0. The number of aryl methyl sites for hydroxylation is 3. The van der Waals surface area contributed by atoms with Gasteiger partial charge in [0.2, 0.25) is 0 Å². The predicted molar refractivity (Wildman–Crippen MR) is 106 cm³/mol. The molecule has 0 amide bonds. The SMILES string of the molecule is Cc1cc(C)c(-n2cc3cccc(N4CCCCC4)n3[c]2=[Au-2][Cl])c(C)c1. The number of aromatic nitrogens is 2. The zero-order valence-corrected chi connectivity index (χ0v) is 18.4. The van der Waals surface area contributed by atoms with E-state index in [0.29, 0.717) is 0 Å². The Morgan fingerprint density at radius 3 is 2.31 bits per heavy atom. The summed E-state index contributed by atoms with van der Waals surface area (Å²) < 4.78 is 5.94. The van der Waals surface area contributed by atoms with Crippen LogP contribution in [0.2, 0.25) is 0 Å². The molecule has 0 bridgehead atoms. The number of imidazole rings is 1. The number of pyridine rings is 1. The minimum atomic E-state index is -0.478. The molecule has 4 rings (SSSR count). The van der Waals surface area contributed by atoms with E-state index in [1.165, 1.54) is 56.6 Å². The van der Waals surface area contributed by atoms with Crippen LogP contribution < -0.4 is 4.90 Å². The van der Waals surface area contributed by atoms with Crippen LogP contribution in [0.1, 0.15) is 36.0 Å². The molecule has 1 fully saturated rings. The number of nitrogens with zero attached hydrogens (tertiary/aromatic N) is 3. The summed E-state index contributed by atoms with van der Waals surface area (Å²) in [5.74, 6) is 1.29. The third kappa shape index (κ3) is 3.11. The molecule has 1 aliphatic rings. The molecule has 3 aromatic rings. The van der Waals surface area contributed by atoms with E-state index in [1.807, 2.05) is 0 Å². The molecular formula is C21H25AuClN3-2. The van der Waals surface area contributed by atoms with E-state index < -0.39 is 18.2 Å². The van der Waals surface area contributed by atoms with Crippen LogP contribution in [0.4, 0.5) is 5.82 Å². The summed E-state index contributed by atoms with van der Waals surface area (Å²) in [7, 11) is 6.59. The molecule has 0 saturated carbocycles. The van der Waals surface area contributed by atoms with Gasteiger partial charge in [0.25, 0.3) is 0 Å². The molecule has 1 aliphatic heterocycles. The number of fused-ring (bicyclic) bond motifs is 1. The summed E-state index contributed by atoms with van der Waals surface area (Å²) in [5.41, 5.74) is 6.41. The fourth-order valence-electron chi connectivity index (χ4n) is 4.21. The molecule has 1 saturated heterocycles. The van der Waals surface area contributed by atoms with Crippen molar-refractivity contribution in [1.29, 1.82) is 0 Å². The van der Waals surface area contributed by atoms with E-state index in [9.17, 15) is 0 Å². The zero-order chi connectivity index (χ0) is 18.3. The van der Waals surface area contributed by atoms with Crippen LogP contribution in [0, 0.1) is 24.4 Å². The molecule has 0 N–H and O–H groups in total. The molecule has 0 atom stereocenters. The quantitative estimate of drug-likeness (QED) is 0.388. The predicted octanol–water partition coefficient (Wildman–Crippen LogP) is 5.41. The molecule has 3 heterocycles. The summed E-state index contributed by atoms with van der Waals surface area (Å²) in [6.45, 7) is 8.83. The van der Waals surface area contributed by atoms with E-state index >= 15 is 0 Å². The van der Waals surface area contributed by atoms with Gasteiger partial charge in [0.1, 0.15) is 0 Å². The number of hydrogen-bond donors (Lipinski definition) is 0. The fourth-order valence-corrected chi connectivity index (χ4v) is 6.37. The normalized spacial score (nSPS) is 16.5. The maximum absolute atomic E-state index is 6.59. The first-order chi connectivity index (χ1) is 12.6. The van der Waals surface area contributed by atoms with Crippen molar-refractivity contribution in [3.05, 3.63) is 56.8 Å². The molecule has 3 nitrogen and oxygen atoms in total. The van der Waals surface area contributed by atoms with Crippen molar-refractivity contribution in [3.8, 4) is 5.69 Å². The molecule has 0 radical (unpaired) electrons. The average molecular weight is 552 g/mol. The van der Waals surface area contributed by atoms with Crippen LogP contribution >= 0.6 is 9.19 Å². The zero-order valence-electron chi connectivity index (χ0n) is 15.5. The van der Waals surface area contributed by atoms with Crippen molar-refractivity contribution in [1.82, 2.24) is 8.97 Å². The van der Waals surface area contributed by atoms with Gasteiger partial charge in [-0.25, -0.2) is 0 Å². The van der Waals surface area contributed by atoms with E-state index in [1.54, 1.807) is 0 Å². The monoisotopic (exact) mass is 551 g/mol. The van der Waals surface area contributed by atoms with E-state index in [2.05, 4.69) is 71.2 Å². The Bertz CT molecular complexity index is 1000. The first kappa shape index (κ1) is 18.1. The van der Waals surface area contributed by atoms with Crippen LogP contribution in [0.25, 0.3) is 11.2 Å². The first-order valence-electron chi connectivity index (χ1n) is 9.18. The van der Waals surface area contributed by atoms with Crippen molar-refractivity contribution >= 4 is 20.5 Å². The third-order valence-electron chi connectivity index (χ3n) is 5.22. The van der Waals surface area contributed by atoms with Crippen LogP contribution in [0.3, 0.4) is 0 Å². The second kappa shape index (κ2) is 7.40. The summed E-state index contributed by atoms with van der Waals surface area (Å²) >= 11 is -0.478. The van der Waals surface area contributed by atoms with Gasteiger partial charge in [0.15, 0.2) is 0 Å². The summed E-state index contributed by atoms with van der Waals surface area (Å²) in [6.07, 6.45) is 6.15. The topological polar surface area (TPSA) is 12.6 Å². The molecule has 1 aromatic carbocycles. The van der Waals surface area contributed by atoms with Gasteiger partial charge in [0, 0.05) is 0 Å². The molecule has 0 unspecified atom stereocenters. The average Bonchev–Trinajstić information content (AvgIpc) is 2.99. The molecule has 0 aliphatic carbocycles. The van der Waals surface area contributed by atoms with Crippen LogP contribution in [-0.2, 0) is 18.2 Å². The molecule has 26 heavy (non-hydrogen) atoms. The number of piperidine rings is 1. The number of halogens is 1. The van der Waals surface area contributed by atoms with E-state index in [-0.39, 0.29) is 0 Å². The number of anilines is 1. The number of rotatable bonds is 2. The van der Waals surface area contributed by atoms with Gasteiger partial charge in [-0.2, -0.15) is 0 Å². The summed E-state index contributed by atoms with van der Waals surface area (Å²) in [4.78, 5) is 2.52. The van der Waals surface area contributed by atoms with Gasteiger partial charge < -0.3 is 0 Å². The van der Waals surface area contributed by atoms with Crippen LogP contribution in [0.5, 0.6) is 0 Å². The number of benzene rings is 1. The van der Waals surface area contributed by atoms with Crippen molar-refractivity contribution in [2.45, 2.75) is 40.0 Å². The molecule has 144 valence electrons. The van der Waals surface area contributed by atoms with Crippen molar-refractivity contribution in [2.75, 3.05) is 18.0 Å². The first-order valence-corrected chi connectivity index (χ1v) is 13.0. The Kier molecular flexibility index (Phi) is 5.15. The fraction of sp³-hybridized carbons (Fsp3) is 0.381. The van der Waals surface area contributed by atoms with E-state index in [4.69, 9.17) is 9.19 Å². The molecular weight excluding hydrogens is 527 g/mol. The maximum atomic E-state index is 6.59. The van der Waals surface area contributed by atoms with Gasteiger partial charge in [-0.1, -0.05) is 0 Å². The van der Waals surface area contributed by atoms with Crippen molar-refractivity contribution in [2.24, 2.45) is 0 Å². The Morgan fingerprint density at radius 2 is 1.65 bits per heavy atom. The number of hydrogen-bond acceptors (Lipinski definition) is 1. The van der Waals surface area contributed by atoms with Crippen LogP contribution in [-0.4, -0.2) is 22.1 Å². The molecule has 0 spiro atoms. The summed E-state index contributed by atoms with van der Waals surface area (Å²) in [6, 6.07) is 11.1. The Morgan fingerprint density at radius 1 is 0.962 bits per heavy atom. The van der Waals surface area contributed by atoms with Gasteiger partial charge in [-0.05, 0) is 0 Å².